The predicted octanol–water partition coefficient (Wildman–Crippen LogP) is 4.61. The van der Waals surface area contributed by atoms with Crippen molar-refractivity contribution in [1.82, 2.24) is 10.2 Å². The Morgan fingerprint density at radius 3 is 2.56 bits per heavy atom. The standard InChI is InChI=1S/C13H12BrClN2O/c1-7-4-5-10(14)6-11(7)18-13-9(3)8(2)12(15)16-17-13/h4-6H,1-3H3. The Hall–Kier alpha value is -1.13. The summed E-state index contributed by atoms with van der Waals surface area (Å²) in [5, 5.41) is 8.26. The van der Waals surface area contributed by atoms with Crippen molar-refractivity contribution < 1.29 is 4.74 Å². The van der Waals surface area contributed by atoms with Crippen LogP contribution in [0.3, 0.4) is 0 Å². The van der Waals surface area contributed by atoms with Gasteiger partial charge in [0, 0.05) is 10.0 Å². The molecule has 1 aromatic heterocycles. The number of hydrogen-bond acceptors (Lipinski definition) is 3. The van der Waals surface area contributed by atoms with Gasteiger partial charge in [0.1, 0.15) is 5.75 Å². The molecule has 0 aliphatic heterocycles. The third kappa shape index (κ3) is 2.65. The lowest BCUT2D eigenvalue weighted by Gasteiger charge is -2.11. The highest BCUT2D eigenvalue weighted by atomic mass is 79.9. The fraction of sp³-hybridized carbons (Fsp3) is 0.231. The van der Waals surface area contributed by atoms with Gasteiger partial charge in [-0.1, -0.05) is 33.6 Å². The molecule has 18 heavy (non-hydrogen) atoms. The van der Waals surface area contributed by atoms with Crippen molar-refractivity contribution in [2.75, 3.05) is 0 Å². The van der Waals surface area contributed by atoms with Crippen LogP contribution in [0.1, 0.15) is 16.7 Å². The molecule has 0 radical (unpaired) electrons. The molecular formula is C13H12BrClN2O. The fourth-order valence-electron chi connectivity index (χ4n) is 1.44. The number of nitrogens with zero attached hydrogens (tertiary/aromatic N) is 2. The molecular weight excluding hydrogens is 316 g/mol. The monoisotopic (exact) mass is 326 g/mol. The van der Waals surface area contributed by atoms with E-state index in [1.807, 2.05) is 39.0 Å². The van der Waals surface area contributed by atoms with Crippen LogP contribution in [0.25, 0.3) is 0 Å². The van der Waals surface area contributed by atoms with Gasteiger partial charge in [-0.3, -0.25) is 0 Å². The summed E-state index contributed by atoms with van der Waals surface area (Å²) in [6.45, 7) is 5.79. The van der Waals surface area contributed by atoms with Crippen LogP contribution in [-0.4, -0.2) is 10.2 Å². The van der Waals surface area contributed by atoms with E-state index in [4.69, 9.17) is 16.3 Å². The summed E-state index contributed by atoms with van der Waals surface area (Å²) in [5.41, 5.74) is 2.82. The normalized spacial score (nSPS) is 10.5. The smallest absolute Gasteiger partial charge is 0.242 e. The summed E-state index contributed by atoms with van der Waals surface area (Å²) in [6.07, 6.45) is 0. The maximum absolute atomic E-state index is 5.91. The fourth-order valence-corrected chi connectivity index (χ4v) is 1.96. The molecule has 0 saturated carbocycles. The molecule has 5 heteroatoms. The number of hydrogen-bond donors (Lipinski definition) is 0. The van der Waals surface area contributed by atoms with Crippen LogP contribution < -0.4 is 4.74 Å². The average Bonchev–Trinajstić information content (AvgIpc) is 2.34. The van der Waals surface area contributed by atoms with Gasteiger partial charge < -0.3 is 4.74 Å². The average molecular weight is 328 g/mol. The number of benzene rings is 1. The molecule has 0 N–H and O–H groups in total. The highest BCUT2D eigenvalue weighted by Crippen LogP contribution is 2.30. The van der Waals surface area contributed by atoms with Gasteiger partial charge in [0.05, 0.1) is 0 Å². The van der Waals surface area contributed by atoms with Gasteiger partial charge in [-0.15, -0.1) is 10.2 Å². The van der Waals surface area contributed by atoms with Crippen LogP contribution in [0.2, 0.25) is 5.15 Å². The Balaban J connectivity index is 2.40. The third-order valence-electron chi connectivity index (χ3n) is 2.78. The summed E-state index contributed by atoms with van der Waals surface area (Å²) in [7, 11) is 0. The highest BCUT2D eigenvalue weighted by molar-refractivity contribution is 9.10. The van der Waals surface area contributed by atoms with Gasteiger partial charge in [0.15, 0.2) is 5.15 Å². The molecule has 0 unspecified atom stereocenters. The summed E-state index contributed by atoms with van der Waals surface area (Å²) in [5.74, 6) is 1.24. The van der Waals surface area contributed by atoms with Crippen LogP contribution in [0.4, 0.5) is 0 Å². The Kier molecular flexibility index (Phi) is 3.88. The first-order valence-electron chi connectivity index (χ1n) is 5.42. The van der Waals surface area contributed by atoms with Crippen LogP contribution in [-0.2, 0) is 0 Å². The third-order valence-corrected chi connectivity index (χ3v) is 3.63. The van der Waals surface area contributed by atoms with Crippen LogP contribution in [0.15, 0.2) is 22.7 Å². The van der Waals surface area contributed by atoms with E-state index in [0.717, 1.165) is 26.9 Å². The number of halogens is 2. The molecule has 94 valence electrons. The highest BCUT2D eigenvalue weighted by Gasteiger charge is 2.11. The van der Waals surface area contributed by atoms with E-state index >= 15 is 0 Å². The first-order chi connectivity index (χ1) is 8.49. The van der Waals surface area contributed by atoms with Crippen molar-refractivity contribution in [3.63, 3.8) is 0 Å². The largest absolute Gasteiger partial charge is 0.437 e. The minimum Gasteiger partial charge on any atom is -0.437 e. The Morgan fingerprint density at radius 1 is 1.11 bits per heavy atom. The zero-order chi connectivity index (χ0) is 13.3. The molecule has 2 aromatic rings. The van der Waals surface area contributed by atoms with Crippen molar-refractivity contribution in [2.24, 2.45) is 0 Å². The molecule has 0 amide bonds. The van der Waals surface area contributed by atoms with E-state index in [-0.39, 0.29) is 0 Å². The Labute approximate surface area is 119 Å². The second-order valence-corrected chi connectivity index (χ2v) is 5.33. The van der Waals surface area contributed by atoms with Gasteiger partial charge >= 0.3 is 0 Å². The second kappa shape index (κ2) is 5.24. The molecule has 0 fully saturated rings. The van der Waals surface area contributed by atoms with Crippen LogP contribution in [0, 0.1) is 20.8 Å². The van der Waals surface area contributed by atoms with Crippen molar-refractivity contribution in [3.8, 4) is 11.6 Å². The van der Waals surface area contributed by atoms with Crippen LogP contribution >= 0.6 is 27.5 Å². The molecule has 0 aliphatic carbocycles. The first-order valence-corrected chi connectivity index (χ1v) is 6.59. The van der Waals surface area contributed by atoms with Crippen molar-refractivity contribution in [3.05, 3.63) is 44.5 Å². The number of aromatic nitrogens is 2. The van der Waals surface area contributed by atoms with Crippen molar-refractivity contribution >= 4 is 27.5 Å². The summed E-state index contributed by atoms with van der Waals surface area (Å²) >= 11 is 9.33. The zero-order valence-corrected chi connectivity index (χ0v) is 12.6. The van der Waals surface area contributed by atoms with Crippen LogP contribution in [0.5, 0.6) is 11.6 Å². The van der Waals surface area contributed by atoms with E-state index in [2.05, 4.69) is 26.1 Å². The Morgan fingerprint density at radius 2 is 1.83 bits per heavy atom. The first kappa shape index (κ1) is 13.3. The summed E-state index contributed by atoms with van der Waals surface area (Å²) in [4.78, 5) is 0. The zero-order valence-electron chi connectivity index (χ0n) is 10.3. The van der Waals surface area contributed by atoms with Gasteiger partial charge in [-0.2, -0.15) is 0 Å². The lowest BCUT2D eigenvalue weighted by atomic mass is 10.2. The topological polar surface area (TPSA) is 35.0 Å². The molecule has 2 rings (SSSR count). The van der Waals surface area contributed by atoms with E-state index in [0.29, 0.717) is 11.0 Å². The molecule has 1 heterocycles. The van der Waals surface area contributed by atoms with E-state index < -0.39 is 0 Å². The quantitative estimate of drug-likeness (QED) is 0.808. The van der Waals surface area contributed by atoms with E-state index in [9.17, 15) is 0 Å². The van der Waals surface area contributed by atoms with E-state index in [1.165, 1.54) is 0 Å². The minimum absolute atomic E-state index is 0.408. The molecule has 0 saturated heterocycles. The van der Waals surface area contributed by atoms with E-state index in [1.54, 1.807) is 0 Å². The van der Waals surface area contributed by atoms with Gasteiger partial charge in [0.2, 0.25) is 5.88 Å². The SMILES string of the molecule is Cc1ccc(Br)cc1Oc1nnc(Cl)c(C)c1C. The van der Waals surface area contributed by atoms with Crippen molar-refractivity contribution in [2.45, 2.75) is 20.8 Å². The Bertz CT molecular complexity index is 602. The maximum atomic E-state index is 5.91. The number of rotatable bonds is 2. The lowest BCUT2D eigenvalue weighted by Crippen LogP contribution is -1.98. The maximum Gasteiger partial charge on any atom is 0.242 e. The molecule has 0 bridgehead atoms. The number of ether oxygens (including phenoxy) is 1. The number of aryl methyl sites for hydroxylation is 1. The molecule has 3 nitrogen and oxygen atoms in total. The second-order valence-electron chi connectivity index (χ2n) is 4.06. The van der Waals surface area contributed by atoms with Gasteiger partial charge in [-0.05, 0) is 44.0 Å². The van der Waals surface area contributed by atoms with Gasteiger partial charge in [0.25, 0.3) is 0 Å². The lowest BCUT2D eigenvalue weighted by molar-refractivity contribution is 0.447. The molecule has 0 atom stereocenters. The minimum atomic E-state index is 0.408. The van der Waals surface area contributed by atoms with Crippen molar-refractivity contribution in [1.29, 1.82) is 0 Å². The predicted molar refractivity (Wildman–Crippen MR) is 75.5 cm³/mol. The molecule has 0 spiro atoms. The molecule has 1 aromatic carbocycles. The van der Waals surface area contributed by atoms with Gasteiger partial charge in [-0.25, -0.2) is 0 Å². The molecule has 0 aliphatic rings. The summed E-state index contributed by atoms with van der Waals surface area (Å²) in [6, 6.07) is 5.85. The summed E-state index contributed by atoms with van der Waals surface area (Å²) < 4.78 is 6.75.